The molecule has 0 atom stereocenters. The van der Waals surface area contributed by atoms with Gasteiger partial charge < -0.3 is 10.4 Å². The van der Waals surface area contributed by atoms with Gasteiger partial charge in [-0.3, -0.25) is 9.48 Å². The minimum absolute atomic E-state index is 0.167. The third-order valence-electron chi connectivity index (χ3n) is 4.09. The zero-order valence-electron chi connectivity index (χ0n) is 12.0. The first-order valence-corrected chi connectivity index (χ1v) is 7.58. The number of hydrogen-bond donors (Lipinski definition) is 2. The molecule has 0 radical (unpaired) electrons. The third kappa shape index (κ3) is 3.33. The van der Waals surface area contributed by atoms with Crippen LogP contribution in [-0.2, 0) is 17.9 Å². The van der Waals surface area contributed by atoms with Crippen molar-refractivity contribution in [2.45, 2.75) is 58.7 Å². The van der Waals surface area contributed by atoms with Crippen LogP contribution < -0.4 is 5.32 Å². The molecule has 6 heteroatoms. The first-order valence-electron chi connectivity index (χ1n) is 7.20. The summed E-state index contributed by atoms with van der Waals surface area (Å²) in [4.78, 5) is 10.9. The van der Waals surface area contributed by atoms with E-state index in [9.17, 15) is 4.79 Å². The van der Waals surface area contributed by atoms with Gasteiger partial charge in [-0.05, 0) is 39.5 Å². The van der Waals surface area contributed by atoms with Crippen LogP contribution in [0.1, 0.15) is 44.0 Å². The first kappa shape index (κ1) is 15.3. The van der Waals surface area contributed by atoms with E-state index in [2.05, 4.69) is 10.4 Å². The molecule has 1 aromatic rings. The summed E-state index contributed by atoms with van der Waals surface area (Å²) in [6.07, 6.45) is 3.33. The normalized spacial score (nSPS) is 22.9. The van der Waals surface area contributed by atoms with Gasteiger partial charge in [0, 0.05) is 19.1 Å². The van der Waals surface area contributed by atoms with Crippen molar-refractivity contribution in [2.75, 3.05) is 0 Å². The topological polar surface area (TPSA) is 67.2 Å². The predicted molar refractivity (Wildman–Crippen MR) is 77.9 cm³/mol. The molecule has 0 aromatic carbocycles. The first-order chi connectivity index (χ1) is 9.52. The fourth-order valence-corrected chi connectivity index (χ4v) is 3.03. The van der Waals surface area contributed by atoms with E-state index in [-0.39, 0.29) is 5.92 Å². The molecule has 2 rings (SSSR count). The Morgan fingerprint density at radius 1 is 1.45 bits per heavy atom. The second-order valence-corrected chi connectivity index (χ2v) is 5.81. The number of halogens is 1. The van der Waals surface area contributed by atoms with Crippen LogP contribution in [0.25, 0.3) is 0 Å². The van der Waals surface area contributed by atoms with Crippen LogP contribution in [0.4, 0.5) is 0 Å². The largest absolute Gasteiger partial charge is 0.481 e. The summed E-state index contributed by atoms with van der Waals surface area (Å²) in [5.41, 5.74) is 1.88. The van der Waals surface area contributed by atoms with Gasteiger partial charge in [-0.1, -0.05) is 11.6 Å². The molecule has 1 aromatic heterocycles. The van der Waals surface area contributed by atoms with E-state index >= 15 is 0 Å². The van der Waals surface area contributed by atoms with E-state index in [1.807, 2.05) is 18.5 Å². The van der Waals surface area contributed by atoms with E-state index in [1.54, 1.807) is 0 Å². The molecule has 0 unspecified atom stereocenters. The Labute approximate surface area is 124 Å². The monoisotopic (exact) mass is 299 g/mol. The van der Waals surface area contributed by atoms with Crippen LogP contribution in [0.5, 0.6) is 0 Å². The standard InChI is InChI=1S/C14H22ClN3O2/c1-3-18-12(13(15)9(2)17-18)8-16-11-6-4-10(5-7-11)14(19)20/h10-11,16H,3-8H2,1-2H3,(H,19,20). The maximum absolute atomic E-state index is 10.9. The van der Waals surface area contributed by atoms with E-state index in [1.165, 1.54) is 0 Å². The minimum atomic E-state index is -0.661. The second kappa shape index (κ2) is 6.59. The highest BCUT2D eigenvalue weighted by Crippen LogP contribution is 2.25. The molecule has 0 aliphatic heterocycles. The zero-order valence-corrected chi connectivity index (χ0v) is 12.8. The summed E-state index contributed by atoms with van der Waals surface area (Å²) < 4.78 is 1.92. The Morgan fingerprint density at radius 2 is 2.10 bits per heavy atom. The van der Waals surface area contributed by atoms with Crippen molar-refractivity contribution in [3.05, 3.63) is 16.4 Å². The lowest BCUT2D eigenvalue weighted by atomic mass is 9.86. The van der Waals surface area contributed by atoms with Gasteiger partial charge in [-0.15, -0.1) is 0 Å². The lowest BCUT2D eigenvalue weighted by molar-refractivity contribution is -0.142. The molecule has 2 N–H and O–H groups in total. The van der Waals surface area contributed by atoms with Crippen molar-refractivity contribution in [3.8, 4) is 0 Å². The SMILES string of the molecule is CCn1nc(C)c(Cl)c1CNC1CCC(C(=O)O)CC1. The molecule has 5 nitrogen and oxygen atoms in total. The molecule has 0 bridgehead atoms. The Bertz CT molecular complexity index is 479. The lowest BCUT2D eigenvalue weighted by Crippen LogP contribution is -2.35. The molecular weight excluding hydrogens is 278 g/mol. The third-order valence-corrected chi connectivity index (χ3v) is 4.58. The molecule has 1 aliphatic carbocycles. The molecule has 0 saturated heterocycles. The number of hydrogen-bond acceptors (Lipinski definition) is 3. The van der Waals surface area contributed by atoms with Gasteiger partial charge in [0.15, 0.2) is 0 Å². The quantitative estimate of drug-likeness (QED) is 0.877. The zero-order chi connectivity index (χ0) is 14.7. The summed E-state index contributed by atoms with van der Waals surface area (Å²) in [5, 5.41) is 17.6. The lowest BCUT2D eigenvalue weighted by Gasteiger charge is -2.27. The van der Waals surface area contributed by atoms with E-state index in [4.69, 9.17) is 16.7 Å². The van der Waals surface area contributed by atoms with Gasteiger partial charge in [0.05, 0.1) is 22.3 Å². The summed E-state index contributed by atoms with van der Waals surface area (Å²) in [6.45, 7) is 5.45. The highest BCUT2D eigenvalue weighted by Gasteiger charge is 2.26. The van der Waals surface area contributed by atoms with Crippen molar-refractivity contribution < 1.29 is 9.90 Å². The molecule has 1 heterocycles. The van der Waals surface area contributed by atoms with Crippen LogP contribution in [0.3, 0.4) is 0 Å². The van der Waals surface area contributed by atoms with E-state index in [0.717, 1.165) is 48.6 Å². The molecule has 20 heavy (non-hydrogen) atoms. The number of carboxylic acid groups (broad SMARTS) is 1. The van der Waals surface area contributed by atoms with Gasteiger partial charge in [0.2, 0.25) is 0 Å². The predicted octanol–water partition coefficient (Wildman–Crippen LogP) is 2.60. The number of carboxylic acids is 1. The average molecular weight is 300 g/mol. The molecule has 1 aliphatic rings. The summed E-state index contributed by atoms with van der Waals surface area (Å²) in [5.74, 6) is -0.828. The van der Waals surface area contributed by atoms with Crippen LogP contribution in [0.2, 0.25) is 5.02 Å². The minimum Gasteiger partial charge on any atom is -0.481 e. The molecular formula is C14H22ClN3O2. The number of aromatic nitrogens is 2. The molecule has 1 saturated carbocycles. The molecule has 0 amide bonds. The van der Waals surface area contributed by atoms with Crippen molar-refractivity contribution in [3.63, 3.8) is 0 Å². The number of rotatable bonds is 5. The maximum atomic E-state index is 10.9. The van der Waals surface area contributed by atoms with Gasteiger partial charge in [0.1, 0.15) is 0 Å². The summed E-state index contributed by atoms with van der Waals surface area (Å²) >= 11 is 6.27. The van der Waals surface area contributed by atoms with Crippen molar-refractivity contribution in [2.24, 2.45) is 5.92 Å². The van der Waals surface area contributed by atoms with Crippen LogP contribution >= 0.6 is 11.6 Å². The average Bonchev–Trinajstić information content (AvgIpc) is 2.72. The highest BCUT2D eigenvalue weighted by atomic mass is 35.5. The Hall–Kier alpha value is -1.07. The second-order valence-electron chi connectivity index (χ2n) is 5.43. The smallest absolute Gasteiger partial charge is 0.306 e. The Balaban J connectivity index is 1.89. The molecule has 112 valence electrons. The van der Waals surface area contributed by atoms with Crippen molar-refractivity contribution in [1.82, 2.24) is 15.1 Å². The van der Waals surface area contributed by atoms with E-state index in [0.29, 0.717) is 12.6 Å². The van der Waals surface area contributed by atoms with Crippen LogP contribution in [0, 0.1) is 12.8 Å². The fourth-order valence-electron chi connectivity index (χ4n) is 2.82. The molecule has 0 spiro atoms. The number of aryl methyl sites for hydroxylation is 2. The van der Waals surface area contributed by atoms with Crippen LogP contribution in [0.15, 0.2) is 0 Å². The number of aliphatic carboxylic acids is 1. The summed E-state index contributed by atoms with van der Waals surface area (Å²) in [7, 11) is 0. The van der Waals surface area contributed by atoms with Gasteiger partial charge in [0.25, 0.3) is 0 Å². The number of nitrogens with one attached hydrogen (secondary N) is 1. The summed E-state index contributed by atoms with van der Waals surface area (Å²) in [6, 6.07) is 0.377. The Kier molecular flexibility index (Phi) is 5.05. The maximum Gasteiger partial charge on any atom is 0.306 e. The van der Waals surface area contributed by atoms with E-state index < -0.39 is 5.97 Å². The number of nitrogens with zero attached hydrogens (tertiary/aromatic N) is 2. The Morgan fingerprint density at radius 3 is 2.65 bits per heavy atom. The van der Waals surface area contributed by atoms with Gasteiger partial charge >= 0.3 is 5.97 Å². The van der Waals surface area contributed by atoms with Crippen LogP contribution in [-0.4, -0.2) is 26.9 Å². The number of carbonyl (C=O) groups is 1. The van der Waals surface area contributed by atoms with Gasteiger partial charge in [-0.25, -0.2) is 0 Å². The van der Waals surface area contributed by atoms with Crippen molar-refractivity contribution in [1.29, 1.82) is 0 Å². The fraction of sp³-hybridized carbons (Fsp3) is 0.714. The van der Waals surface area contributed by atoms with Crippen molar-refractivity contribution >= 4 is 17.6 Å². The highest BCUT2D eigenvalue weighted by molar-refractivity contribution is 6.31. The van der Waals surface area contributed by atoms with Gasteiger partial charge in [-0.2, -0.15) is 5.10 Å². The molecule has 1 fully saturated rings.